The third-order valence-corrected chi connectivity index (χ3v) is 2.87. The minimum atomic E-state index is -0.904. The molecule has 0 saturated heterocycles. The maximum atomic E-state index is 11.3. The number of carboxylic acid groups (broad SMARTS) is 1. The number of hydrogen-bond donors (Lipinski definition) is 2. The smallest absolute Gasteiger partial charge is 0.313 e. The Balaban J connectivity index is 2.10. The number of aryl methyl sites for hydroxylation is 1. The number of carboxylic acids is 1. The molecule has 94 valence electrons. The summed E-state index contributed by atoms with van der Waals surface area (Å²) < 4.78 is 1.71. The molecule has 2 N–H and O–H groups in total. The highest BCUT2D eigenvalue weighted by atomic mass is 32.2. The Morgan fingerprint density at radius 2 is 2.29 bits per heavy atom. The van der Waals surface area contributed by atoms with Crippen LogP contribution in [0.5, 0.6) is 0 Å². The molecule has 0 aromatic carbocycles. The summed E-state index contributed by atoms with van der Waals surface area (Å²) in [5, 5.41) is 15.1. The Morgan fingerprint density at radius 1 is 1.53 bits per heavy atom. The number of carbonyl (C=O) groups excluding carboxylic acids is 1. The molecule has 0 unspecified atom stereocenters. The number of amides is 1. The van der Waals surface area contributed by atoms with Crippen LogP contribution in [0.2, 0.25) is 0 Å². The van der Waals surface area contributed by atoms with Gasteiger partial charge in [-0.05, 0) is 12.0 Å². The second kappa shape index (κ2) is 6.95. The van der Waals surface area contributed by atoms with Gasteiger partial charge in [0.2, 0.25) is 5.91 Å². The number of carbonyl (C=O) groups is 2. The van der Waals surface area contributed by atoms with E-state index in [1.807, 2.05) is 13.2 Å². The Labute approximate surface area is 103 Å². The third kappa shape index (κ3) is 5.96. The molecular formula is C10H15N3O3S. The zero-order valence-corrected chi connectivity index (χ0v) is 10.4. The van der Waals surface area contributed by atoms with E-state index in [2.05, 4.69) is 10.4 Å². The molecule has 0 fully saturated rings. The van der Waals surface area contributed by atoms with Crippen LogP contribution in [0.3, 0.4) is 0 Å². The summed E-state index contributed by atoms with van der Waals surface area (Å²) in [6.45, 7) is 0.540. The highest BCUT2D eigenvalue weighted by Gasteiger charge is 2.04. The summed E-state index contributed by atoms with van der Waals surface area (Å²) in [7, 11) is 1.84. The third-order valence-electron chi connectivity index (χ3n) is 1.95. The van der Waals surface area contributed by atoms with Crippen molar-refractivity contribution >= 4 is 23.6 Å². The highest BCUT2D eigenvalue weighted by molar-refractivity contribution is 8.00. The van der Waals surface area contributed by atoms with E-state index in [1.54, 1.807) is 10.9 Å². The summed E-state index contributed by atoms with van der Waals surface area (Å²) >= 11 is 1.09. The average Bonchev–Trinajstić information content (AvgIpc) is 2.63. The van der Waals surface area contributed by atoms with Crippen LogP contribution in [0.15, 0.2) is 12.4 Å². The fraction of sp³-hybridized carbons (Fsp3) is 0.500. The summed E-state index contributed by atoms with van der Waals surface area (Å²) in [6, 6.07) is 0. The summed E-state index contributed by atoms with van der Waals surface area (Å²) in [4.78, 5) is 21.5. The zero-order chi connectivity index (χ0) is 12.7. The molecule has 17 heavy (non-hydrogen) atoms. The van der Waals surface area contributed by atoms with Crippen molar-refractivity contribution in [2.75, 3.05) is 18.1 Å². The van der Waals surface area contributed by atoms with Gasteiger partial charge in [0.15, 0.2) is 0 Å². The maximum Gasteiger partial charge on any atom is 0.313 e. The van der Waals surface area contributed by atoms with E-state index < -0.39 is 5.97 Å². The first-order chi connectivity index (χ1) is 8.08. The fourth-order valence-corrected chi connectivity index (χ4v) is 1.79. The van der Waals surface area contributed by atoms with Crippen LogP contribution in [-0.4, -0.2) is 44.8 Å². The van der Waals surface area contributed by atoms with Crippen LogP contribution in [0.25, 0.3) is 0 Å². The fourth-order valence-electron chi connectivity index (χ4n) is 1.23. The minimum absolute atomic E-state index is 0.0456. The number of aromatic nitrogens is 2. The van der Waals surface area contributed by atoms with Gasteiger partial charge in [0, 0.05) is 19.8 Å². The molecule has 0 atom stereocenters. The number of nitrogens with one attached hydrogen (secondary N) is 1. The normalized spacial score (nSPS) is 10.2. The van der Waals surface area contributed by atoms with Gasteiger partial charge < -0.3 is 10.4 Å². The van der Waals surface area contributed by atoms with E-state index in [0.29, 0.717) is 6.54 Å². The van der Waals surface area contributed by atoms with E-state index in [1.165, 1.54) is 0 Å². The number of thioether (sulfide) groups is 1. The molecule has 0 bridgehead atoms. The molecule has 1 amide bonds. The Kier molecular flexibility index (Phi) is 5.55. The molecular weight excluding hydrogens is 242 g/mol. The van der Waals surface area contributed by atoms with Crippen LogP contribution in [0.4, 0.5) is 0 Å². The molecule has 6 nitrogen and oxygen atoms in total. The lowest BCUT2D eigenvalue weighted by Gasteiger charge is -2.02. The van der Waals surface area contributed by atoms with Crippen molar-refractivity contribution in [2.45, 2.75) is 6.42 Å². The molecule has 0 radical (unpaired) electrons. The molecule has 1 aromatic heterocycles. The van der Waals surface area contributed by atoms with Crippen LogP contribution < -0.4 is 5.32 Å². The van der Waals surface area contributed by atoms with Crippen molar-refractivity contribution in [1.29, 1.82) is 0 Å². The van der Waals surface area contributed by atoms with Crippen molar-refractivity contribution in [3.63, 3.8) is 0 Å². The van der Waals surface area contributed by atoms with E-state index in [4.69, 9.17) is 5.11 Å². The first-order valence-corrected chi connectivity index (χ1v) is 6.27. The Morgan fingerprint density at radius 3 is 2.88 bits per heavy atom. The summed E-state index contributed by atoms with van der Waals surface area (Å²) in [5.74, 6) is -0.909. The number of rotatable bonds is 7. The SMILES string of the molecule is Cn1cc(CCNC(=O)CSCC(=O)O)cn1. The lowest BCUT2D eigenvalue weighted by Crippen LogP contribution is -2.27. The van der Waals surface area contributed by atoms with Crippen molar-refractivity contribution in [3.05, 3.63) is 18.0 Å². The monoisotopic (exact) mass is 257 g/mol. The van der Waals surface area contributed by atoms with Crippen molar-refractivity contribution in [3.8, 4) is 0 Å². The van der Waals surface area contributed by atoms with Crippen LogP contribution in [-0.2, 0) is 23.1 Å². The van der Waals surface area contributed by atoms with Crippen LogP contribution in [0, 0.1) is 0 Å². The summed E-state index contributed by atoms with van der Waals surface area (Å²) in [6.07, 6.45) is 4.37. The Bertz CT molecular complexity index is 392. The van der Waals surface area contributed by atoms with Crippen molar-refractivity contribution in [1.82, 2.24) is 15.1 Å². The molecule has 0 aliphatic rings. The van der Waals surface area contributed by atoms with E-state index in [9.17, 15) is 9.59 Å². The molecule has 0 saturated carbocycles. The highest BCUT2D eigenvalue weighted by Crippen LogP contribution is 1.99. The van der Waals surface area contributed by atoms with Crippen LogP contribution in [0.1, 0.15) is 5.56 Å². The van der Waals surface area contributed by atoms with Gasteiger partial charge in [0.1, 0.15) is 0 Å². The average molecular weight is 257 g/mol. The predicted molar refractivity (Wildman–Crippen MR) is 64.9 cm³/mol. The van der Waals surface area contributed by atoms with Gasteiger partial charge in [-0.3, -0.25) is 14.3 Å². The second-order valence-electron chi connectivity index (χ2n) is 3.51. The predicted octanol–water partition coefficient (Wildman–Crippen LogP) is -0.103. The van der Waals surface area contributed by atoms with Gasteiger partial charge in [-0.25, -0.2) is 0 Å². The largest absolute Gasteiger partial charge is 0.481 e. The first-order valence-electron chi connectivity index (χ1n) is 5.11. The lowest BCUT2D eigenvalue weighted by molar-refractivity contribution is -0.133. The molecule has 7 heteroatoms. The first kappa shape index (κ1) is 13.6. The Hall–Kier alpha value is -1.50. The topological polar surface area (TPSA) is 84.2 Å². The second-order valence-corrected chi connectivity index (χ2v) is 4.49. The quantitative estimate of drug-likeness (QED) is 0.712. The number of nitrogens with zero attached hydrogens (tertiary/aromatic N) is 2. The number of hydrogen-bond acceptors (Lipinski definition) is 4. The maximum absolute atomic E-state index is 11.3. The van der Waals surface area contributed by atoms with E-state index in [-0.39, 0.29) is 17.4 Å². The van der Waals surface area contributed by atoms with Gasteiger partial charge >= 0.3 is 5.97 Å². The van der Waals surface area contributed by atoms with Gasteiger partial charge in [0.25, 0.3) is 0 Å². The molecule has 0 aliphatic heterocycles. The lowest BCUT2D eigenvalue weighted by atomic mass is 10.2. The standard InChI is InChI=1S/C10H15N3O3S/c1-13-5-8(4-12-13)2-3-11-9(14)6-17-7-10(15)16/h4-5H,2-3,6-7H2,1H3,(H,11,14)(H,15,16). The van der Waals surface area contributed by atoms with Gasteiger partial charge in [-0.15, -0.1) is 11.8 Å². The van der Waals surface area contributed by atoms with Gasteiger partial charge in [-0.1, -0.05) is 0 Å². The molecule has 0 spiro atoms. The zero-order valence-electron chi connectivity index (χ0n) is 9.55. The minimum Gasteiger partial charge on any atom is -0.481 e. The van der Waals surface area contributed by atoms with E-state index in [0.717, 1.165) is 23.7 Å². The summed E-state index contributed by atoms with van der Waals surface area (Å²) in [5.41, 5.74) is 1.06. The van der Waals surface area contributed by atoms with E-state index >= 15 is 0 Å². The van der Waals surface area contributed by atoms with Gasteiger partial charge in [0.05, 0.1) is 17.7 Å². The number of aliphatic carboxylic acids is 1. The molecule has 1 heterocycles. The van der Waals surface area contributed by atoms with Crippen molar-refractivity contribution < 1.29 is 14.7 Å². The molecule has 1 aromatic rings. The molecule has 1 rings (SSSR count). The van der Waals surface area contributed by atoms with Crippen molar-refractivity contribution in [2.24, 2.45) is 7.05 Å². The van der Waals surface area contributed by atoms with Crippen LogP contribution >= 0.6 is 11.8 Å². The van der Waals surface area contributed by atoms with Gasteiger partial charge in [-0.2, -0.15) is 5.10 Å². The molecule has 0 aliphatic carbocycles.